The number of fused-ring (bicyclic) bond motifs is 2. The van der Waals surface area contributed by atoms with Crippen molar-refractivity contribution in [3.8, 4) is 5.69 Å². The first-order chi connectivity index (χ1) is 16.5. The maximum atomic E-state index is 12.7. The van der Waals surface area contributed by atoms with E-state index in [4.69, 9.17) is 12.2 Å². The summed E-state index contributed by atoms with van der Waals surface area (Å²) in [5.74, 6) is -0.261. The van der Waals surface area contributed by atoms with Gasteiger partial charge in [-0.1, -0.05) is 49.4 Å². The first kappa shape index (κ1) is 21.7. The third kappa shape index (κ3) is 4.38. The highest BCUT2D eigenvalue weighted by atomic mass is 32.1. The number of carbonyl (C=O) groups is 1. The topological polar surface area (TPSA) is 71.8 Å². The van der Waals surface area contributed by atoms with Gasteiger partial charge in [-0.2, -0.15) is 4.80 Å². The molecule has 1 heterocycles. The third-order valence-electron chi connectivity index (χ3n) is 5.79. The van der Waals surface area contributed by atoms with E-state index in [0.29, 0.717) is 5.56 Å². The molecule has 0 saturated heterocycles. The number of amides is 1. The zero-order valence-electron chi connectivity index (χ0n) is 18.9. The zero-order chi connectivity index (χ0) is 23.7. The first-order valence-corrected chi connectivity index (χ1v) is 11.5. The number of hydrogen-bond donors (Lipinski definition) is 2. The van der Waals surface area contributed by atoms with Crippen LogP contribution in [0.5, 0.6) is 0 Å². The number of thiocarbonyl (C=S) groups is 1. The quantitative estimate of drug-likeness (QED) is 0.340. The summed E-state index contributed by atoms with van der Waals surface area (Å²) in [6, 6.07) is 25.5. The van der Waals surface area contributed by atoms with Gasteiger partial charge >= 0.3 is 0 Å². The summed E-state index contributed by atoms with van der Waals surface area (Å²) in [6.45, 7) is 4.09. The van der Waals surface area contributed by atoms with Gasteiger partial charge in [0.2, 0.25) is 0 Å². The molecule has 0 saturated carbocycles. The molecule has 0 atom stereocenters. The van der Waals surface area contributed by atoms with Crippen LogP contribution in [-0.4, -0.2) is 26.0 Å². The smallest absolute Gasteiger partial charge is 0.257 e. The van der Waals surface area contributed by atoms with Crippen molar-refractivity contribution in [2.45, 2.75) is 20.3 Å². The fourth-order valence-corrected chi connectivity index (χ4v) is 4.05. The Morgan fingerprint density at radius 3 is 2.35 bits per heavy atom. The molecular formula is C27H23N5OS. The lowest BCUT2D eigenvalue weighted by Crippen LogP contribution is -2.34. The van der Waals surface area contributed by atoms with Crippen LogP contribution in [0.4, 0.5) is 5.69 Å². The number of carbonyl (C=O) groups excluding carboxylic acids is 1. The Kier molecular flexibility index (Phi) is 5.77. The molecule has 7 heteroatoms. The number of rotatable bonds is 4. The van der Waals surface area contributed by atoms with Crippen molar-refractivity contribution in [2.75, 3.05) is 5.32 Å². The van der Waals surface area contributed by atoms with Gasteiger partial charge in [-0.25, -0.2) is 0 Å². The second kappa shape index (κ2) is 9.03. The fourth-order valence-electron chi connectivity index (χ4n) is 3.84. The largest absolute Gasteiger partial charge is 0.332 e. The highest BCUT2D eigenvalue weighted by molar-refractivity contribution is 7.80. The Bertz CT molecular complexity index is 1540. The van der Waals surface area contributed by atoms with Gasteiger partial charge in [0, 0.05) is 11.3 Å². The second-order valence-corrected chi connectivity index (χ2v) is 8.54. The number of hydrogen-bond acceptors (Lipinski definition) is 4. The molecular weight excluding hydrogens is 442 g/mol. The Hall–Kier alpha value is -4.10. The van der Waals surface area contributed by atoms with Gasteiger partial charge in [0.05, 0.1) is 5.69 Å². The molecule has 0 unspecified atom stereocenters. The average Bonchev–Trinajstić information content (AvgIpc) is 3.26. The maximum absolute atomic E-state index is 12.7. The summed E-state index contributed by atoms with van der Waals surface area (Å²) in [5.41, 5.74) is 5.95. The molecule has 0 aliphatic rings. The van der Waals surface area contributed by atoms with E-state index in [1.165, 1.54) is 5.56 Å². The predicted molar refractivity (Wildman–Crippen MR) is 141 cm³/mol. The molecule has 34 heavy (non-hydrogen) atoms. The van der Waals surface area contributed by atoms with Crippen LogP contribution < -0.4 is 10.6 Å². The Morgan fingerprint density at radius 2 is 1.62 bits per heavy atom. The van der Waals surface area contributed by atoms with Crippen LogP contribution in [0.2, 0.25) is 0 Å². The minimum Gasteiger partial charge on any atom is -0.332 e. The van der Waals surface area contributed by atoms with Crippen LogP contribution in [0.3, 0.4) is 0 Å². The van der Waals surface area contributed by atoms with E-state index >= 15 is 0 Å². The lowest BCUT2D eigenvalue weighted by molar-refractivity contribution is 0.0978. The molecule has 168 valence electrons. The van der Waals surface area contributed by atoms with Crippen molar-refractivity contribution in [3.05, 3.63) is 95.6 Å². The van der Waals surface area contributed by atoms with E-state index in [9.17, 15) is 4.79 Å². The Morgan fingerprint density at radius 1 is 0.912 bits per heavy atom. The highest BCUT2D eigenvalue weighted by Crippen LogP contribution is 2.22. The molecule has 5 rings (SSSR count). The zero-order valence-corrected chi connectivity index (χ0v) is 19.7. The first-order valence-electron chi connectivity index (χ1n) is 11.1. The van der Waals surface area contributed by atoms with Gasteiger partial charge in [-0.05, 0) is 83.9 Å². The van der Waals surface area contributed by atoms with Crippen LogP contribution in [0.25, 0.3) is 27.5 Å². The number of nitrogens with zero attached hydrogens (tertiary/aromatic N) is 3. The molecule has 1 aromatic heterocycles. The molecule has 0 aliphatic heterocycles. The highest BCUT2D eigenvalue weighted by Gasteiger charge is 2.12. The number of aromatic nitrogens is 3. The van der Waals surface area contributed by atoms with Crippen LogP contribution >= 0.6 is 12.2 Å². The van der Waals surface area contributed by atoms with Gasteiger partial charge in [-0.3, -0.25) is 10.1 Å². The number of nitrogens with one attached hydrogen (secondary N) is 2. The van der Waals surface area contributed by atoms with Crippen molar-refractivity contribution in [1.29, 1.82) is 0 Å². The standard InChI is InChI=1S/C27H23N5OS/c1-3-18-8-12-22(13-9-18)32-30-24-14-17(2)23(16-25(24)31-32)28-27(34)29-26(33)21-11-10-19-6-4-5-7-20(19)15-21/h4-16H,3H2,1-2H3,(H2,28,29,33,34). The molecule has 0 bridgehead atoms. The number of anilines is 1. The van der Waals surface area contributed by atoms with E-state index in [0.717, 1.165) is 45.2 Å². The fraction of sp³-hybridized carbons (Fsp3) is 0.111. The van der Waals surface area contributed by atoms with Crippen LogP contribution in [-0.2, 0) is 6.42 Å². The van der Waals surface area contributed by atoms with Crippen LogP contribution in [0.1, 0.15) is 28.4 Å². The molecule has 0 fully saturated rings. The van der Waals surface area contributed by atoms with E-state index in [2.05, 4.69) is 39.9 Å². The summed E-state index contributed by atoms with van der Waals surface area (Å²) in [4.78, 5) is 14.4. The van der Waals surface area contributed by atoms with Gasteiger partial charge in [0.25, 0.3) is 5.91 Å². The van der Waals surface area contributed by atoms with E-state index in [-0.39, 0.29) is 11.0 Å². The summed E-state index contributed by atoms with van der Waals surface area (Å²) >= 11 is 5.41. The third-order valence-corrected chi connectivity index (χ3v) is 5.99. The number of benzene rings is 4. The predicted octanol–water partition coefficient (Wildman–Crippen LogP) is 5.57. The summed E-state index contributed by atoms with van der Waals surface area (Å²) in [6.07, 6.45) is 0.986. The normalized spacial score (nSPS) is 11.0. The monoisotopic (exact) mass is 465 g/mol. The maximum Gasteiger partial charge on any atom is 0.257 e. The lowest BCUT2D eigenvalue weighted by Gasteiger charge is -2.12. The van der Waals surface area contributed by atoms with Crippen molar-refractivity contribution in [2.24, 2.45) is 0 Å². The summed E-state index contributed by atoms with van der Waals surface area (Å²) in [5, 5.41) is 17.4. The molecule has 0 aliphatic carbocycles. The molecule has 1 amide bonds. The number of aryl methyl sites for hydroxylation is 2. The van der Waals surface area contributed by atoms with Crippen molar-refractivity contribution >= 4 is 50.7 Å². The molecule has 5 aromatic rings. The Balaban J connectivity index is 1.33. The van der Waals surface area contributed by atoms with E-state index in [1.54, 1.807) is 10.9 Å². The van der Waals surface area contributed by atoms with Gasteiger partial charge < -0.3 is 5.32 Å². The minimum atomic E-state index is -0.261. The van der Waals surface area contributed by atoms with Crippen LogP contribution in [0, 0.1) is 6.92 Å². The second-order valence-electron chi connectivity index (χ2n) is 8.14. The van der Waals surface area contributed by atoms with E-state index in [1.807, 2.05) is 67.6 Å². The van der Waals surface area contributed by atoms with Crippen molar-refractivity contribution in [3.63, 3.8) is 0 Å². The van der Waals surface area contributed by atoms with Gasteiger partial charge in [-0.15, -0.1) is 10.2 Å². The average molecular weight is 466 g/mol. The lowest BCUT2D eigenvalue weighted by atomic mass is 10.1. The van der Waals surface area contributed by atoms with Crippen molar-refractivity contribution in [1.82, 2.24) is 20.3 Å². The van der Waals surface area contributed by atoms with Crippen LogP contribution in [0.15, 0.2) is 78.9 Å². The van der Waals surface area contributed by atoms with Crippen molar-refractivity contribution < 1.29 is 4.79 Å². The summed E-state index contributed by atoms with van der Waals surface area (Å²) < 4.78 is 0. The summed E-state index contributed by atoms with van der Waals surface area (Å²) in [7, 11) is 0. The molecule has 0 radical (unpaired) electrons. The minimum absolute atomic E-state index is 0.225. The van der Waals surface area contributed by atoms with Gasteiger partial charge in [0.1, 0.15) is 11.0 Å². The molecule has 4 aromatic carbocycles. The molecule has 6 nitrogen and oxygen atoms in total. The van der Waals surface area contributed by atoms with E-state index < -0.39 is 0 Å². The molecule has 0 spiro atoms. The van der Waals surface area contributed by atoms with Gasteiger partial charge in [0.15, 0.2) is 5.11 Å². The molecule has 2 N–H and O–H groups in total. The Labute approximate surface area is 202 Å². The SMILES string of the molecule is CCc1ccc(-n2nc3cc(C)c(NC(=S)NC(=O)c4ccc5ccccc5c4)cc3n2)cc1.